The Labute approximate surface area is 123 Å². The van der Waals surface area contributed by atoms with E-state index in [1.165, 1.54) is 0 Å². The molecular weight excluding hydrogens is 277 g/mol. The molecule has 6 heteroatoms. The van der Waals surface area contributed by atoms with Gasteiger partial charge >= 0.3 is 12.1 Å². The second-order valence-electron chi connectivity index (χ2n) is 5.52. The average Bonchev–Trinajstić information content (AvgIpc) is 2.35. The zero-order chi connectivity index (χ0) is 16.0. The third-order valence-electron chi connectivity index (χ3n) is 2.44. The van der Waals surface area contributed by atoms with Crippen molar-refractivity contribution in [1.82, 2.24) is 0 Å². The molecule has 0 aliphatic carbocycles. The number of amides is 1. The van der Waals surface area contributed by atoms with Crippen LogP contribution in [0.5, 0.6) is 0 Å². The van der Waals surface area contributed by atoms with Gasteiger partial charge in [-0.1, -0.05) is 12.1 Å². The average molecular weight is 297 g/mol. The molecule has 0 radical (unpaired) electrons. The highest BCUT2D eigenvalue weighted by molar-refractivity contribution is 5.85. The molecule has 1 unspecified atom stereocenters. The highest BCUT2D eigenvalue weighted by Crippen LogP contribution is 2.15. The number of alkyl halides is 1. The van der Waals surface area contributed by atoms with Crippen molar-refractivity contribution in [2.24, 2.45) is 0 Å². The molecule has 1 amide bonds. The van der Waals surface area contributed by atoms with Crippen molar-refractivity contribution in [2.75, 3.05) is 12.4 Å². The third kappa shape index (κ3) is 6.25. The predicted octanol–water partition coefficient (Wildman–Crippen LogP) is 3.09. The Kier molecular flexibility index (Phi) is 5.69. The zero-order valence-electron chi connectivity index (χ0n) is 12.6. The molecule has 0 saturated carbocycles. The monoisotopic (exact) mass is 297 g/mol. The van der Waals surface area contributed by atoms with Crippen LogP contribution in [0.4, 0.5) is 14.9 Å². The molecule has 0 bridgehead atoms. The van der Waals surface area contributed by atoms with Crippen molar-refractivity contribution >= 4 is 17.7 Å². The highest BCUT2D eigenvalue weighted by atomic mass is 19.1. The van der Waals surface area contributed by atoms with Gasteiger partial charge in [-0.3, -0.25) is 5.32 Å². The van der Waals surface area contributed by atoms with Gasteiger partial charge in [0.05, 0.1) is 7.11 Å². The standard InChI is InChI=1S/C15H20FNO4/c1-15(2,3)21-14(19)17-11-7-5-6-10(8-11)9-12(16)13(18)20-4/h5-8,12H,9H2,1-4H3,(H,17,19). The van der Waals surface area contributed by atoms with Crippen LogP contribution in [0.25, 0.3) is 0 Å². The lowest BCUT2D eigenvalue weighted by Crippen LogP contribution is -2.27. The van der Waals surface area contributed by atoms with Gasteiger partial charge in [0, 0.05) is 12.1 Å². The molecule has 0 spiro atoms. The first kappa shape index (κ1) is 16.9. The summed E-state index contributed by atoms with van der Waals surface area (Å²) < 4.78 is 23.0. The molecule has 0 fully saturated rings. The molecule has 0 heterocycles. The van der Waals surface area contributed by atoms with E-state index in [4.69, 9.17) is 4.74 Å². The van der Waals surface area contributed by atoms with Crippen LogP contribution in [0.15, 0.2) is 24.3 Å². The minimum atomic E-state index is -1.73. The number of methoxy groups -OCH3 is 1. The number of nitrogens with one attached hydrogen (secondary N) is 1. The quantitative estimate of drug-likeness (QED) is 0.867. The Morgan fingerprint density at radius 3 is 2.57 bits per heavy atom. The molecule has 5 nitrogen and oxygen atoms in total. The molecule has 116 valence electrons. The third-order valence-corrected chi connectivity index (χ3v) is 2.44. The lowest BCUT2D eigenvalue weighted by molar-refractivity contribution is -0.146. The van der Waals surface area contributed by atoms with Crippen molar-refractivity contribution in [2.45, 2.75) is 39.0 Å². The van der Waals surface area contributed by atoms with E-state index in [0.29, 0.717) is 11.3 Å². The smallest absolute Gasteiger partial charge is 0.412 e. The Morgan fingerprint density at radius 1 is 1.33 bits per heavy atom. The maximum Gasteiger partial charge on any atom is 0.412 e. The summed E-state index contributed by atoms with van der Waals surface area (Å²) in [5.74, 6) is -0.916. The first-order valence-electron chi connectivity index (χ1n) is 6.52. The topological polar surface area (TPSA) is 64.6 Å². The lowest BCUT2D eigenvalue weighted by atomic mass is 10.1. The summed E-state index contributed by atoms with van der Waals surface area (Å²) in [5, 5.41) is 2.56. The summed E-state index contributed by atoms with van der Waals surface area (Å²) in [5.41, 5.74) is 0.441. The summed E-state index contributed by atoms with van der Waals surface area (Å²) in [6.07, 6.45) is -2.44. The van der Waals surface area contributed by atoms with Gasteiger partial charge in [-0.2, -0.15) is 0 Å². The van der Waals surface area contributed by atoms with Crippen molar-refractivity contribution in [3.8, 4) is 0 Å². The van der Waals surface area contributed by atoms with Gasteiger partial charge in [0.2, 0.25) is 6.17 Å². The first-order chi connectivity index (χ1) is 9.71. The van der Waals surface area contributed by atoms with Crippen molar-refractivity contribution in [3.05, 3.63) is 29.8 Å². The van der Waals surface area contributed by atoms with Gasteiger partial charge in [-0.15, -0.1) is 0 Å². The first-order valence-corrected chi connectivity index (χ1v) is 6.52. The van der Waals surface area contributed by atoms with E-state index in [2.05, 4.69) is 10.1 Å². The van der Waals surface area contributed by atoms with Crippen LogP contribution in [-0.2, 0) is 20.7 Å². The van der Waals surface area contributed by atoms with Crippen molar-refractivity contribution < 1.29 is 23.5 Å². The zero-order valence-corrected chi connectivity index (χ0v) is 12.6. The summed E-state index contributed by atoms with van der Waals surface area (Å²) in [7, 11) is 1.13. The number of rotatable bonds is 4. The van der Waals surface area contributed by atoms with E-state index < -0.39 is 23.8 Å². The largest absolute Gasteiger partial charge is 0.467 e. The van der Waals surface area contributed by atoms with Crippen LogP contribution in [-0.4, -0.2) is 30.9 Å². The van der Waals surface area contributed by atoms with Crippen molar-refractivity contribution in [1.29, 1.82) is 0 Å². The van der Waals surface area contributed by atoms with Gasteiger partial charge in [-0.25, -0.2) is 14.0 Å². The molecule has 1 aromatic rings. The van der Waals surface area contributed by atoms with Gasteiger partial charge in [0.1, 0.15) is 5.60 Å². The molecule has 1 rings (SSSR count). The number of anilines is 1. The van der Waals surface area contributed by atoms with Crippen LogP contribution in [0, 0.1) is 0 Å². The number of hydrogen-bond donors (Lipinski definition) is 1. The van der Waals surface area contributed by atoms with Gasteiger partial charge in [0.25, 0.3) is 0 Å². The van der Waals surface area contributed by atoms with Crippen LogP contribution in [0.1, 0.15) is 26.3 Å². The molecule has 0 aromatic heterocycles. The van der Waals surface area contributed by atoms with Crippen LogP contribution in [0.2, 0.25) is 0 Å². The Balaban J connectivity index is 2.68. The van der Waals surface area contributed by atoms with E-state index in [1.54, 1.807) is 45.0 Å². The number of benzene rings is 1. The number of esters is 1. The molecular formula is C15H20FNO4. The fourth-order valence-corrected chi connectivity index (χ4v) is 1.62. The minimum Gasteiger partial charge on any atom is -0.467 e. The second-order valence-corrected chi connectivity index (χ2v) is 5.52. The SMILES string of the molecule is COC(=O)C(F)Cc1cccc(NC(=O)OC(C)(C)C)c1. The van der Waals surface area contributed by atoms with E-state index in [1.807, 2.05) is 0 Å². The molecule has 1 aromatic carbocycles. The summed E-state index contributed by atoms with van der Waals surface area (Å²) >= 11 is 0. The maximum atomic E-state index is 13.5. The van der Waals surface area contributed by atoms with Gasteiger partial charge < -0.3 is 9.47 Å². The van der Waals surface area contributed by atoms with Gasteiger partial charge in [0.15, 0.2) is 0 Å². The lowest BCUT2D eigenvalue weighted by Gasteiger charge is -2.19. The fraction of sp³-hybridized carbons (Fsp3) is 0.467. The van der Waals surface area contributed by atoms with E-state index in [9.17, 15) is 14.0 Å². The molecule has 21 heavy (non-hydrogen) atoms. The van der Waals surface area contributed by atoms with Crippen LogP contribution >= 0.6 is 0 Å². The molecule has 1 N–H and O–H groups in total. The predicted molar refractivity (Wildman–Crippen MR) is 76.9 cm³/mol. The normalized spacial score (nSPS) is 12.4. The van der Waals surface area contributed by atoms with E-state index >= 15 is 0 Å². The van der Waals surface area contributed by atoms with Crippen molar-refractivity contribution in [3.63, 3.8) is 0 Å². The molecule has 0 aliphatic rings. The molecule has 1 atom stereocenters. The van der Waals surface area contributed by atoms with Crippen LogP contribution < -0.4 is 5.32 Å². The molecule has 0 aliphatic heterocycles. The Morgan fingerprint density at radius 2 is 2.00 bits per heavy atom. The fourth-order valence-electron chi connectivity index (χ4n) is 1.62. The second kappa shape index (κ2) is 7.06. The Bertz CT molecular complexity index is 511. The highest BCUT2D eigenvalue weighted by Gasteiger charge is 2.19. The van der Waals surface area contributed by atoms with Gasteiger partial charge in [-0.05, 0) is 38.5 Å². The van der Waals surface area contributed by atoms with E-state index in [-0.39, 0.29) is 6.42 Å². The van der Waals surface area contributed by atoms with E-state index in [0.717, 1.165) is 7.11 Å². The Hall–Kier alpha value is -2.11. The number of ether oxygens (including phenoxy) is 2. The number of carbonyl (C=O) groups is 2. The summed E-state index contributed by atoms with van der Waals surface area (Å²) in [6.45, 7) is 5.27. The molecule has 0 saturated heterocycles. The number of hydrogen-bond acceptors (Lipinski definition) is 4. The number of carbonyl (C=O) groups excluding carboxylic acids is 2. The summed E-state index contributed by atoms with van der Waals surface area (Å²) in [4.78, 5) is 22.7. The number of halogens is 1. The minimum absolute atomic E-state index is 0.115. The maximum absolute atomic E-state index is 13.5. The van der Waals surface area contributed by atoms with Crippen LogP contribution in [0.3, 0.4) is 0 Å². The summed E-state index contributed by atoms with van der Waals surface area (Å²) in [6, 6.07) is 6.56.